The summed E-state index contributed by atoms with van der Waals surface area (Å²) < 4.78 is 7.78. The van der Waals surface area contributed by atoms with E-state index in [4.69, 9.17) is 4.74 Å². The molecule has 1 amide bonds. The monoisotopic (exact) mass is 492 g/mol. The molecule has 2 bridgehead atoms. The Hall–Kier alpha value is -4.00. The van der Waals surface area contributed by atoms with E-state index in [0.717, 1.165) is 19.3 Å². The van der Waals surface area contributed by atoms with Crippen molar-refractivity contribution in [1.82, 2.24) is 19.3 Å². The van der Waals surface area contributed by atoms with Crippen LogP contribution in [0.5, 0.6) is 0 Å². The molecule has 2 aliphatic heterocycles. The Morgan fingerprint density at radius 2 is 1.57 bits per heavy atom. The number of piperidine rings is 2. The molecule has 0 radical (unpaired) electrons. The van der Waals surface area contributed by atoms with Crippen LogP contribution in [-0.2, 0) is 4.74 Å². The number of hydrogen-bond acceptors (Lipinski definition) is 5. The summed E-state index contributed by atoms with van der Waals surface area (Å²) >= 11 is 0. The van der Waals surface area contributed by atoms with Crippen LogP contribution in [0.2, 0.25) is 0 Å². The Morgan fingerprint density at radius 1 is 0.892 bits per heavy atom. The molecule has 186 valence electrons. The summed E-state index contributed by atoms with van der Waals surface area (Å²) in [6, 6.07) is 18.6. The first-order valence-corrected chi connectivity index (χ1v) is 13.1. The van der Waals surface area contributed by atoms with Gasteiger partial charge in [0, 0.05) is 36.3 Å². The number of fused-ring (bicyclic) bond motifs is 6. The summed E-state index contributed by atoms with van der Waals surface area (Å²) in [5.74, 6) is 0.527. The second-order valence-electron chi connectivity index (χ2n) is 10.4. The number of nitrogens with zero attached hydrogens (tertiary/aromatic N) is 4. The molecule has 2 saturated heterocycles. The fourth-order valence-corrected chi connectivity index (χ4v) is 6.78. The Labute approximate surface area is 215 Å². The molecule has 2 fully saturated rings. The molecular formula is C30H28N4O3. The van der Waals surface area contributed by atoms with E-state index in [2.05, 4.69) is 46.4 Å². The van der Waals surface area contributed by atoms with Crippen molar-refractivity contribution in [2.75, 3.05) is 6.61 Å². The molecule has 37 heavy (non-hydrogen) atoms. The summed E-state index contributed by atoms with van der Waals surface area (Å²) in [5, 5.41) is 0. The highest BCUT2D eigenvalue weighted by Crippen LogP contribution is 2.45. The number of aromatic nitrogens is 3. The van der Waals surface area contributed by atoms with Gasteiger partial charge in [-0.2, -0.15) is 0 Å². The number of ether oxygens (including phenoxy) is 1. The standard InChI is InChI=1S/C30H28N4O3/c35-28(27-17-32-29-31-13-6-14-33(27)29)19-15-20-7-5-8-21(16-19)34(20)30(36)37-18-26-24-11-3-1-9-22(24)23-10-2-4-12-25(23)26/h1-4,6,9-14,17,19-21,26H,5,7-8,15-16,18H2. The number of amides is 1. The Kier molecular flexibility index (Phi) is 5.30. The van der Waals surface area contributed by atoms with Crippen LogP contribution in [0.25, 0.3) is 16.9 Å². The summed E-state index contributed by atoms with van der Waals surface area (Å²) in [6.45, 7) is 0.319. The van der Waals surface area contributed by atoms with Crippen molar-refractivity contribution in [3.05, 3.63) is 90.0 Å². The molecule has 2 aromatic carbocycles. The first-order valence-electron chi connectivity index (χ1n) is 13.1. The molecule has 4 heterocycles. The fourth-order valence-electron chi connectivity index (χ4n) is 6.78. The maximum absolute atomic E-state index is 13.5. The lowest BCUT2D eigenvalue weighted by Crippen LogP contribution is -2.56. The van der Waals surface area contributed by atoms with Crippen LogP contribution in [0.1, 0.15) is 59.6 Å². The van der Waals surface area contributed by atoms with Gasteiger partial charge < -0.3 is 9.64 Å². The lowest BCUT2D eigenvalue weighted by Gasteiger charge is -2.47. The molecule has 0 spiro atoms. The van der Waals surface area contributed by atoms with E-state index in [1.54, 1.807) is 22.9 Å². The zero-order valence-electron chi connectivity index (χ0n) is 20.5. The highest BCUT2D eigenvalue weighted by atomic mass is 16.6. The first kappa shape index (κ1) is 22.2. The molecular weight excluding hydrogens is 464 g/mol. The van der Waals surface area contributed by atoms with E-state index in [0.29, 0.717) is 30.9 Å². The molecule has 0 N–H and O–H groups in total. The number of ketones is 1. The third kappa shape index (κ3) is 3.64. The van der Waals surface area contributed by atoms with E-state index in [-0.39, 0.29) is 35.8 Å². The van der Waals surface area contributed by atoms with Crippen LogP contribution in [0.4, 0.5) is 4.79 Å². The zero-order valence-corrected chi connectivity index (χ0v) is 20.5. The maximum atomic E-state index is 13.5. The van der Waals surface area contributed by atoms with Gasteiger partial charge in [0.2, 0.25) is 5.78 Å². The van der Waals surface area contributed by atoms with E-state index < -0.39 is 0 Å². The van der Waals surface area contributed by atoms with Gasteiger partial charge in [0.05, 0.1) is 6.20 Å². The number of imidazole rings is 1. The summed E-state index contributed by atoms with van der Waals surface area (Å²) in [4.78, 5) is 37.4. The molecule has 3 aliphatic rings. The van der Waals surface area contributed by atoms with Crippen molar-refractivity contribution in [3.8, 4) is 11.1 Å². The number of carbonyl (C=O) groups excluding carboxylic acids is 2. The van der Waals surface area contributed by atoms with Crippen molar-refractivity contribution in [3.63, 3.8) is 0 Å². The molecule has 2 atom stereocenters. The number of carbonyl (C=O) groups is 2. The minimum absolute atomic E-state index is 0.0226. The largest absolute Gasteiger partial charge is 0.448 e. The molecule has 0 saturated carbocycles. The van der Waals surface area contributed by atoms with E-state index in [9.17, 15) is 9.59 Å². The van der Waals surface area contributed by atoms with E-state index in [1.807, 2.05) is 23.2 Å². The smallest absolute Gasteiger partial charge is 0.410 e. The summed E-state index contributed by atoms with van der Waals surface area (Å²) in [5.41, 5.74) is 5.43. The van der Waals surface area contributed by atoms with Gasteiger partial charge in [0.25, 0.3) is 0 Å². The van der Waals surface area contributed by atoms with Crippen LogP contribution >= 0.6 is 0 Å². The third-order valence-corrected chi connectivity index (χ3v) is 8.43. The van der Waals surface area contributed by atoms with Gasteiger partial charge in [-0.3, -0.25) is 9.20 Å². The molecule has 7 nitrogen and oxygen atoms in total. The highest BCUT2D eigenvalue weighted by Gasteiger charge is 2.44. The number of hydrogen-bond donors (Lipinski definition) is 0. The van der Waals surface area contributed by atoms with Crippen molar-refractivity contribution in [1.29, 1.82) is 0 Å². The lowest BCUT2D eigenvalue weighted by molar-refractivity contribution is 0.00639. The highest BCUT2D eigenvalue weighted by molar-refractivity contribution is 5.97. The van der Waals surface area contributed by atoms with Gasteiger partial charge in [-0.1, -0.05) is 48.5 Å². The lowest BCUT2D eigenvalue weighted by atomic mass is 9.76. The SMILES string of the molecule is O=C(c1cnc2ncccn12)C1CC2CCCC(C1)N2C(=O)OCC1c2ccccc2-c2ccccc21. The predicted octanol–water partition coefficient (Wildman–Crippen LogP) is 5.49. The van der Waals surface area contributed by atoms with Gasteiger partial charge in [0.1, 0.15) is 12.3 Å². The van der Waals surface area contributed by atoms with Crippen LogP contribution in [0, 0.1) is 5.92 Å². The van der Waals surface area contributed by atoms with Crippen molar-refractivity contribution in [2.24, 2.45) is 5.92 Å². The van der Waals surface area contributed by atoms with Gasteiger partial charge in [-0.25, -0.2) is 14.8 Å². The van der Waals surface area contributed by atoms with Crippen LogP contribution in [-0.4, -0.2) is 49.8 Å². The molecule has 4 aromatic rings. The normalized spacial score (nSPS) is 22.5. The number of Topliss-reactive ketones (excluding diaryl/α,β-unsaturated/α-hetero) is 1. The Balaban J connectivity index is 1.08. The van der Waals surface area contributed by atoms with Crippen LogP contribution in [0.3, 0.4) is 0 Å². The third-order valence-electron chi connectivity index (χ3n) is 8.43. The Bertz CT molecular complexity index is 1450. The minimum Gasteiger partial charge on any atom is -0.448 e. The quantitative estimate of drug-likeness (QED) is 0.352. The van der Waals surface area contributed by atoms with Crippen molar-refractivity contribution in [2.45, 2.75) is 50.1 Å². The zero-order chi connectivity index (χ0) is 24.9. The van der Waals surface area contributed by atoms with Gasteiger partial charge in [-0.05, 0) is 60.4 Å². The number of benzene rings is 2. The van der Waals surface area contributed by atoms with Gasteiger partial charge in [0.15, 0.2) is 5.78 Å². The van der Waals surface area contributed by atoms with E-state index >= 15 is 0 Å². The second kappa shape index (κ2) is 8.83. The summed E-state index contributed by atoms with van der Waals surface area (Å²) in [6.07, 6.45) is 9.07. The second-order valence-corrected chi connectivity index (χ2v) is 10.4. The molecule has 2 aromatic heterocycles. The fraction of sp³-hybridized carbons (Fsp3) is 0.333. The average Bonchev–Trinajstić information content (AvgIpc) is 3.50. The van der Waals surface area contributed by atoms with Crippen LogP contribution in [0.15, 0.2) is 73.2 Å². The summed E-state index contributed by atoms with van der Waals surface area (Å²) in [7, 11) is 0. The van der Waals surface area contributed by atoms with Gasteiger partial charge >= 0.3 is 6.09 Å². The molecule has 1 aliphatic carbocycles. The maximum Gasteiger partial charge on any atom is 0.410 e. The average molecular weight is 493 g/mol. The Morgan fingerprint density at radius 3 is 2.27 bits per heavy atom. The topological polar surface area (TPSA) is 76.8 Å². The molecule has 2 unspecified atom stereocenters. The van der Waals surface area contributed by atoms with Crippen molar-refractivity contribution < 1.29 is 14.3 Å². The van der Waals surface area contributed by atoms with Crippen molar-refractivity contribution >= 4 is 17.7 Å². The van der Waals surface area contributed by atoms with E-state index in [1.165, 1.54) is 22.3 Å². The molecule has 7 rings (SSSR count). The first-order chi connectivity index (χ1) is 18.2. The molecule has 7 heteroatoms. The number of rotatable bonds is 4. The minimum atomic E-state index is -0.249. The predicted molar refractivity (Wildman–Crippen MR) is 138 cm³/mol. The van der Waals surface area contributed by atoms with Crippen LogP contribution < -0.4 is 0 Å². The van der Waals surface area contributed by atoms with Gasteiger partial charge in [-0.15, -0.1) is 0 Å².